The Balaban J connectivity index is 1.99. The Morgan fingerprint density at radius 3 is 2.76 bits per heavy atom. The fourth-order valence-corrected chi connectivity index (χ4v) is 3.44. The molecule has 0 aromatic carbocycles. The van der Waals surface area contributed by atoms with Crippen LogP contribution in [0.25, 0.3) is 0 Å². The van der Waals surface area contributed by atoms with Crippen LogP contribution in [-0.2, 0) is 9.47 Å². The van der Waals surface area contributed by atoms with Crippen LogP contribution in [0, 0.1) is 11.8 Å². The maximum Gasteiger partial charge on any atom is 0.0978 e. The zero-order valence-electron chi connectivity index (χ0n) is 10.9. The van der Waals surface area contributed by atoms with Gasteiger partial charge in [-0.3, -0.25) is 11.3 Å². The summed E-state index contributed by atoms with van der Waals surface area (Å²) in [6.07, 6.45) is 6.68. The summed E-state index contributed by atoms with van der Waals surface area (Å²) >= 11 is 0. The van der Waals surface area contributed by atoms with Crippen molar-refractivity contribution in [1.29, 1.82) is 0 Å². The zero-order valence-corrected chi connectivity index (χ0v) is 10.9. The van der Waals surface area contributed by atoms with Crippen LogP contribution < -0.4 is 11.3 Å². The summed E-state index contributed by atoms with van der Waals surface area (Å²) in [5.41, 5.74) is 3.00. The van der Waals surface area contributed by atoms with E-state index >= 15 is 0 Å². The molecule has 2 fully saturated rings. The standard InChI is InChI=1S/C13H26N2O2/c1-2-10-5-3-4-6-11(10)13(15-14)12-9-16-7-8-17-12/h10-13,15H,2-9,14H2,1H3. The van der Waals surface area contributed by atoms with Crippen LogP contribution in [0.1, 0.15) is 39.0 Å². The number of hydrazine groups is 1. The molecule has 0 aromatic rings. The van der Waals surface area contributed by atoms with Crippen molar-refractivity contribution >= 4 is 0 Å². The molecule has 17 heavy (non-hydrogen) atoms. The number of nitrogens with two attached hydrogens (primary N) is 1. The molecule has 0 aromatic heterocycles. The van der Waals surface area contributed by atoms with Crippen LogP contribution in [0.15, 0.2) is 0 Å². The van der Waals surface area contributed by atoms with Crippen LogP contribution in [0.3, 0.4) is 0 Å². The van der Waals surface area contributed by atoms with Crippen molar-refractivity contribution < 1.29 is 9.47 Å². The van der Waals surface area contributed by atoms with E-state index in [2.05, 4.69) is 12.3 Å². The van der Waals surface area contributed by atoms with Gasteiger partial charge in [0.2, 0.25) is 0 Å². The van der Waals surface area contributed by atoms with Gasteiger partial charge in [-0.2, -0.15) is 0 Å². The summed E-state index contributed by atoms with van der Waals surface area (Å²) in [4.78, 5) is 0. The molecule has 2 aliphatic rings. The van der Waals surface area contributed by atoms with Crippen LogP contribution in [-0.4, -0.2) is 32.0 Å². The lowest BCUT2D eigenvalue weighted by Gasteiger charge is -2.41. The molecule has 4 nitrogen and oxygen atoms in total. The third-order valence-electron chi connectivity index (χ3n) is 4.39. The Morgan fingerprint density at radius 2 is 2.12 bits per heavy atom. The first-order valence-corrected chi connectivity index (χ1v) is 7.02. The van der Waals surface area contributed by atoms with E-state index in [9.17, 15) is 0 Å². The molecular weight excluding hydrogens is 216 g/mol. The van der Waals surface area contributed by atoms with E-state index in [1.54, 1.807) is 0 Å². The molecule has 4 heteroatoms. The molecule has 0 amide bonds. The lowest BCUT2D eigenvalue weighted by Crippen LogP contribution is -2.55. The van der Waals surface area contributed by atoms with Crippen LogP contribution in [0.4, 0.5) is 0 Å². The van der Waals surface area contributed by atoms with Gasteiger partial charge in [-0.05, 0) is 18.3 Å². The van der Waals surface area contributed by atoms with Gasteiger partial charge in [0.25, 0.3) is 0 Å². The molecule has 0 radical (unpaired) electrons. The van der Waals surface area contributed by atoms with Gasteiger partial charge in [-0.25, -0.2) is 0 Å². The molecule has 2 rings (SSSR count). The molecule has 0 spiro atoms. The van der Waals surface area contributed by atoms with Crippen LogP contribution in [0.5, 0.6) is 0 Å². The minimum atomic E-state index is 0.130. The summed E-state index contributed by atoms with van der Waals surface area (Å²) < 4.78 is 11.3. The van der Waals surface area contributed by atoms with Crippen molar-refractivity contribution in [2.45, 2.75) is 51.2 Å². The average Bonchev–Trinajstić information content (AvgIpc) is 2.41. The predicted octanol–water partition coefficient (Wildman–Crippen LogP) is 1.45. The summed E-state index contributed by atoms with van der Waals surface area (Å²) in [7, 11) is 0. The third kappa shape index (κ3) is 3.19. The van der Waals surface area contributed by atoms with Gasteiger partial charge in [0.15, 0.2) is 0 Å². The largest absolute Gasteiger partial charge is 0.376 e. The summed E-state index contributed by atoms with van der Waals surface area (Å²) in [5.74, 6) is 7.20. The number of rotatable bonds is 4. The molecule has 4 atom stereocenters. The van der Waals surface area contributed by atoms with Gasteiger partial charge in [-0.15, -0.1) is 0 Å². The van der Waals surface area contributed by atoms with E-state index < -0.39 is 0 Å². The quantitative estimate of drug-likeness (QED) is 0.579. The Bertz CT molecular complexity index is 219. The van der Waals surface area contributed by atoms with Crippen molar-refractivity contribution in [2.75, 3.05) is 19.8 Å². The molecular formula is C13H26N2O2. The lowest BCUT2D eigenvalue weighted by atomic mass is 9.73. The van der Waals surface area contributed by atoms with Crippen molar-refractivity contribution in [1.82, 2.24) is 5.43 Å². The van der Waals surface area contributed by atoms with E-state index in [0.717, 1.165) is 12.5 Å². The number of hydrogen-bond acceptors (Lipinski definition) is 4. The van der Waals surface area contributed by atoms with Gasteiger partial charge in [0.05, 0.1) is 32.0 Å². The summed E-state index contributed by atoms with van der Waals surface area (Å²) in [6.45, 7) is 4.39. The highest BCUT2D eigenvalue weighted by Gasteiger charge is 2.36. The fraction of sp³-hybridized carbons (Fsp3) is 1.00. The van der Waals surface area contributed by atoms with E-state index in [-0.39, 0.29) is 12.1 Å². The van der Waals surface area contributed by atoms with E-state index in [0.29, 0.717) is 19.1 Å². The number of nitrogens with one attached hydrogen (secondary N) is 1. The number of hydrogen-bond donors (Lipinski definition) is 2. The first-order valence-electron chi connectivity index (χ1n) is 7.02. The molecule has 1 saturated heterocycles. The van der Waals surface area contributed by atoms with Gasteiger partial charge < -0.3 is 9.47 Å². The van der Waals surface area contributed by atoms with Crippen molar-refractivity contribution in [2.24, 2.45) is 17.7 Å². The van der Waals surface area contributed by atoms with Crippen molar-refractivity contribution in [3.8, 4) is 0 Å². The second-order valence-corrected chi connectivity index (χ2v) is 5.29. The maximum absolute atomic E-state index is 5.81. The van der Waals surface area contributed by atoms with Gasteiger partial charge in [0.1, 0.15) is 0 Å². The smallest absolute Gasteiger partial charge is 0.0978 e. The molecule has 0 bridgehead atoms. The molecule has 3 N–H and O–H groups in total. The number of ether oxygens (including phenoxy) is 2. The second kappa shape index (κ2) is 6.69. The summed E-state index contributed by atoms with van der Waals surface area (Å²) in [5, 5.41) is 0. The third-order valence-corrected chi connectivity index (χ3v) is 4.39. The lowest BCUT2D eigenvalue weighted by molar-refractivity contribution is -0.114. The Labute approximate surface area is 104 Å². The Hall–Kier alpha value is -0.160. The minimum absolute atomic E-state index is 0.130. The Morgan fingerprint density at radius 1 is 1.29 bits per heavy atom. The van der Waals surface area contributed by atoms with E-state index in [1.807, 2.05) is 0 Å². The van der Waals surface area contributed by atoms with Gasteiger partial charge >= 0.3 is 0 Å². The molecule has 1 aliphatic carbocycles. The first kappa shape index (κ1) is 13.3. The molecule has 1 saturated carbocycles. The molecule has 1 heterocycles. The molecule has 1 aliphatic heterocycles. The van der Waals surface area contributed by atoms with E-state index in [4.69, 9.17) is 15.3 Å². The topological polar surface area (TPSA) is 56.5 Å². The van der Waals surface area contributed by atoms with Crippen LogP contribution in [0.2, 0.25) is 0 Å². The van der Waals surface area contributed by atoms with E-state index in [1.165, 1.54) is 32.1 Å². The van der Waals surface area contributed by atoms with Crippen molar-refractivity contribution in [3.63, 3.8) is 0 Å². The highest BCUT2D eigenvalue weighted by atomic mass is 16.6. The minimum Gasteiger partial charge on any atom is -0.376 e. The van der Waals surface area contributed by atoms with Gasteiger partial charge in [-0.1, -0.05) is 32.6 Å². The molecule has 4 unspecified atom stereocenters. The molecule has 100 valence electrons. The zero-order chi connectivity index (χ0) is 12.1. The fourth-order valence-electron chi connectivity index (χ4n) is 3.44. The van der Waals surface area contributed by atoms with Crippen molar-refractivity contribution in [3.05, 3.63) is 0 Å². The normalized spacial score (nSPS) is 36.7. The first-order chi connectivity index (χ1) is 8.36. The maximum atomic E-state index is 5.81. The van der Waals surface area contributed by atoms with Gasteiger partial charge in [0, 0.05) is 0 Å². The average molecular weight is 242 g/mol. The monoisotopic (exact) mass is 242 g/mol. The predicted molar refractivity (Wildman–Crippen MR) is 67.4 cm³/mol. The Kier molecular flexibility index (Phi) is 5.22. The van der Waals surface area contributed by atoms with Crippen LogP contribution >= 0.6 is 0 Å². The SMILES string of the molecule is CCC1CCCCC1C(NN)C1COCCO1. The second-order valence-electron chi connectivity index (χ2n) is 5.29. The summed E-state index contributed by atoms with van der Waals surface area (Å²) in [6, 6.07) is 0.251. The highest BCUT2D eigenvalue weighted by molar-refractivity contribution is 4.89. The highest BCUT2D eigenvalue weighted by Crippen LogP contribution is 2.35.